The third-order valence-electron chi connectivity index (χ3n) is 4.84. The Hall–Kier alpha value is -3.76. The van der Waals surface area contributed by atoms with Crippen LogP contribution in [-0.4, -0.2) is 48.4 Å². The highest BCUT2D eigenvalue weighted by molar-refractivity contribution is 7.92. The fourth-order valence-electron chi connectivity index (χ4n) is 3.10. The lowest BCUT2D eigenvalue weighted by molar-refractivity contribution is -0.119. The van der Waals surface area contributed by atoms with Crippen molar-refractivity contribution in [1.82, 2.24) is 5.43 Å². The van der Waals surface area contributed by atoms with Gasteiger partial charge in [-0.3, -0.25) is 9.10 Å². The number of sulfonamides is 1. The first-order valence-corrected chi connectivity index (χ1v) is 12.1. The number of carbonyl (C=O) groups excluding carboxylic acids is 1. The summed E-state index contributed by atoms with van der Waals surface area (Å²) in [6, 6.07) is 17.2. The van der Waals surface area contributed by atoms with E-state index < -0.39 is 22.5 Å². The first-order valence-electron chi connectivity index (χ1n) is 10.2. The molecular formula is C24H24ClN3O6S. The predicted molar refractivity (Wildman–Crippen MR) is 134 cm³/mol. The fraction of sp³-hybridized carbons (Fsp3) is 0.167. The summed E-state index contributed by atoms with van der Waals surface area (Å²) in [6.07, 6.45) is 1.40. The van der Waals surface area contributed by atoms with Gasteiger partial charge in [-0.1, -0.05) is 17.7 Å². The molecule has 0 radical (unpaired) electrons. The number of nitrogens with one attached hydrogen (secondary N) is 1. The fourth-order valence-corrected chi connectivity index (χ4v) is 4.70. The van der Waals surface area contributed by atoms with Crippen LogP contribution in [0.3, 0.4) is 0 Å². The second kappa shape index (κ2) is 11.6. The largest absolute Gasteiger partial charge is 0.497 e. The van der Waals surface area contributed by atoms with Crippen molar-refractivity contribution in [1.29, 1.82) is 0 Å². The second-order valence-corrected chi connectivity index (χ2v) is 9.37. The number of benzene rings is 3. The molecule has 0 aliphatic carbocycles. The van der Waals surface area contributed by atoms with E-state index in [0.717, 1.165) is 4.31 Å². The molecule has 35 heavy (non-hydrogen) atoms. The minimum absolute atomic E-state index is 0.0140. The van der Waals surface area contributed by atoms with Crippen LogP contribution in [0.1, 0.15) is 5.56 Å². The van der Waals surface area contributed by atoms with Gasteiger partial charge in [0.1, 0.15) is 12.3 Å². The van der Waals surface area contributed by atoms with Crippen molar-refractivity contribution in [3.05, 3.63) is 77.3 Å². The van der Waals surface area contributed by atoms with Crippen molar-refractivity contribution in [2.24, 2.45) is 5.10 Å². The van der Waals surface area contributed by atoms with Crippen LogP contribution in [0.15, 0.2) is 76.7 Å². The molecular weight excluding hydrogens is 494 g/mol. The van der Waals surface area contributed by atoms with Crippen LogP contribution in [0, 0.1) is 0 Å². The van der Waals surface area contributed by atoms with Crippen molar-refractivity contribution in [3.8, 4) is 17.2 Å². The number of anilines is 1. The molecule has 0 aromatic heterocycles. The zero-order valence-electron chi connectivity index (χ0n) is 19.3. The standard InChI is InChI=1S/C24H24ClN3O6S/c1-32-20-8-10-21(11-9-20)35(30,31)28(19-6-4-5-18(25)14-19)16-24(29)27-26-15-17-7-12-22(33-2)23(13-17)34-3/h4-15H,16H2,1-3H3,(H,27,29)/b26-15-. The van der Waals surface area contributed by atoms with Crippen molar-refractivity contribution < 1.29 is 27.4 Å². The molecule has 3 rings (SSSR count). The Labute approximate surface area is 208 Å². The molecule has 0 saturated carbocycles. The Morgan fingerprint density at radius 3 is 2.31 bits per heavy atom. The maximum Gasteiger partial charge on any atom is 0.264 e. The number of hydrogen-bond acceptors (Lipinski definition) is 7. The molecule has 184 valence electrons. The molecule has 1 N–H and O–H groups in total. The van der Waals surface area contributed by atoms with Crippen LogP contribution in [0.25, 0.3) is 0 Å². The smallest absolute Gasteiger partial charge is 0.264 e. The average molecular weight is 518 g/mol. The first kappa shape index (κ1) is 25.9. The van der Waals surface area contributed by atoms with Crippen LogP contribution < -0.4 is 23.9 Å². The number of hydrazone groups is 1. The van der Waals surface area contributed by atoms with Gasteiger partial charge in [0, 0.05) is 5.02 Å². The van der Waals surface area contributed by atoms with Gasteiger partial charge in [-0.15, -0.1) is 0 Å². The molecule has 0 atom stereocenters. The van der Waals surface area contributed by atoms with Gasteiger partial charge in [0.25, 0.3) is 15.9 Å². The highest BCUT2D eigenvalue weighted by Crippen LogP contribution is 2.28. The summed E-state index contributed by atoms with van der Waals surface area (Å²) in [7, 11) is 0.405. The molecule has 0 bridgehead atoms. The van der Waals surface area contributed by atoms with Crippen LogP contribution >= 0.6 is 11.6 Å². The zero-order chi connectivity index (χ0) is 25.4. The summed E-state index contributed by atoms with van der Waals surface area (Å²) in [4.78, 5) is 12.7. The van der Waals surface area contributed by atoms with E-state index in [2.05, 4.69) is 10.5 Å². The molecule has 0 heterocycles. The summed E-state index contributed by atoms with van der Waals surface area (Å²) < 4.78 is 43.3. The van der Waals surface area contributed by atoms with Crippen LogP contribution in [0.2, 0.25) is 5.02 Å². The van der Waals surface area contributed by atoms with Crippen molar-refractivity contribution in [3.63, 3.8) is 0 Å². The summed E-state index contributed by atoms with van der Waals surface area (Å²) in [6.45, 7) is -0.530. The molecule has 11 heteroatoms. The molecule has 0 spiro atoms. The maximum atomic E-state index is 13.4. The number of carbonyl (C=O) groups is 1. The van der Waals surface area contributed by atoms with Gasteiger partial charge in [-0.2, -0.15) is 5.10 Å². The summed E-state index contributed by atoms with van der Waals surface area (Å²) >= 11 is 6.08. The molecule has 0 saturated heterocycles. The van der Waals surface area contributed by atoms with Gasteiger partial charge in [0.2, 0.25) is 0 Å². The van der Waals surface area contributed by atoms with Crippen molar-refractivity contribution in [2.45, 2.75) is 4.90 Å². The van der Waals surface area contributed by atoms with E-state index in [1.165, 1.54) is 57.9 Å². The Bertz CT molecular complexity index is 1310. The van der Waals surface area contributed by atoms with Crippen molar-refractivity contribution in [2.75, 3.05) is 32.2 Å². The maximum absolute atomic E-state index is 13.4. The lowest BCUT2D eigenvalue weighted by Crippen LogP contribution is -2.39. The van der Waals surface area contributed by atoms with Crippen LogP contribution in [0.4, 0.5) is 5.69 Å². The molecule has 9 nitrogen and oxygen atoms in total. The minimum Gasteiger partial charge on any atom is -0.497 e. The van der Waals surface area contributed by atoms with E-state index in [-0.39, 0.29) is 10.6 Å². The van der Waals surface area contributed by atoms with E-state index in [9.17, 15) is 13.2 Å². The minimum atomic E-state index is -4.11. The van der Waals surface area contributed by atoms with E-state index in [0.29, 0.717) is 27.8 Å². The SMILES string of the molecule is COc1ccc(S(=O)(=O)N(CC(=O)N/N=C\c2ccc(OC)c(OC)c2)c2cccc(Cl)c2)cc1. The summed E-state index contributed by atoms with van der Waals surface area (Å²) in [5.74, 6) is 0.898. The van der Waals surface area contributed by atoms with E-state index >= 15 is 0 Å². The highest BCUT2D eigenvalue weighted by atomic mass is 35.5. The quantitative estimate of drug-likeness (QED) is 0.324. The van der Waals surface area contributed by atoms with Gasteiger partial charge in [0.15, 0.2) is 11.5 Å². The second-order valence-electron chi connectivity index (χ2n) is 7.07. The highest BCUT2D eigenvalue weighted by Gasteiger charge is 2.27. The van der Waals surface area contributed by atoms with Crippen LogP contribution in [-0.2, 0) is 14.8 Å². The number of amides is 1. The average Bonchev–Trinajstić information content (AvgIpc) is 2.87. The molecule has 0 aliphatic rings. The normalized spacial score (nSPS) is 11.2. The zero-order valence-corrected chi connectivity index (χ0v) is 20.8. The summed E-state index contributed by atoms with van der Waals surface area (Å²) in [5, 5.41) is 4.25. The monoisotopic (exact) mass is 517 g/mol. The Balaban J connectivity index is 1.82. The van der Waals surface area contributed by atoms with E-state index in [4.69, 9.17) is 25.8 Å². The molecule has 0 aliphatic heterocycles. The van der Waals surface area contributed by atoms with Gasteiger partial charge in [-0.25, -0.2) is 13.8 Å². The topological polar surface area (TPSA) is 107 Å². The Morgan fingerprint density at radius 1 is 0.971 bits per heavy atom. The molecule has 3 aromatic carbocycles. The van der Waals surface area contributed by atoms with Gasteiger partial charge >= 0.3 is 0 Å². The molecule has 1 amide bonds. The third kappa shape index (κ3) is 6.43. The Morgan fingerprint density at radius 2 is 1.69 bits per heavy atom. The van der Waals surface area contributed by atoms with Crippen molar-refractivity contribution >= 4 is 39.4 Å². The van der Waals surface area contributed by atoms with Gasteiger partial charge in [0.05, 0.1) is 38.1 Å². The number of ether oxygens (including phenoxy) is 3. The number of nitrogens with zero attached hydrogens (tertiary/aromatic N) is 2. The number of rotatable bonds is 10. The predicted octanol–water partition coefficient (Wildman–Crippen LogP) is 3.71. The van der Waals surface area contributed by atoms with E-state index in [1.54, 1.807) is 36.4 Å². The van der Waals surface area contributed by atoms with Gasteiger partial charge in [-0.05, 0) is 66.2 Å². The van der Waals surface area contributed by atoms with E-state index in [1.807, 2.05) is 0 Å². The Kier molecular flexibility index (Phi) is 8.56. The number of methoxy groups -OCH3 is 3. The third-order valence-corrected chi connectivity index (χ3v) is 6.86. The lowest BCUT2D eigenvalue weighted by Gasteiger charge is -2.24. The summed E-state index contributed by atoms with van der Waals surface area (Å²) in [5.41, 5.74) is 3.22. The molecule has 0 fully saturated rings. The van der Waals surface area contributed by atoms with Gasteiger partial charge < -0.3 is 14.2 Å². The first-order chi connectivity index (χ1) is 16.8. The number of hydrogen-bond donors (Lipinski definition) is 1. The molecule has 3 aromatic rings. The number of halogens is 1. The molecule has 0 unspecified atom stereocenters. The lowest BCUT2D eigenvalue weighted by atomic mass is 10.2. The van der Waals surface area contributed by atoms with Crippen LogP contribution in [0.5, 0.6) is 17.2 Å².